The van der Waals surface area contributed by atoms with Gasteiger partial charge in [-0.3, -0.25) is 14.7 Å². The zero-order valence-electron chi connectivity index (χ0n) is 17.5. The fourth-order valence-electron chi connectivity index (χ4n) is 3.68. The lowest BCUT2D eigenvalue weighted by molar-refractivity contribution is -0.123. The van der Waals surface area contributed by atoms with Crippen molar-refractivity contribution in [3.05, 3.63) is 47.9 Å². The second kappa shape index (κ2) is 10.3. The smallest absolute Gasteiger partial charge is 0.234 e. The topological polar surface area (TPSA) is 79.4 Å². The standard InChI is InChI=1S/C22H31N5O2/c1-16-5-4-10-23-22(16)26-19-6-7-20(24-13-19)18-8-11-27(12-9-18)14-21(28)25-17(2)15-29-3/h4-7,10,13,17-18H,8-9,11-12,14-15H2,1-3H3,(H,23,26)(H,25,28)/t17-/m0/s1. The van der Waals surface area contributed by atoms with Crippen molar-refractivity contribution in [1.82, 2.24) is 20.2 Å². The predicted octanol–water partition coefficient (Wildman–Crippen LogP) is 2.86. The van der Waals surface area contributed by atoms with Gasteiger partial charge in [-0.2, -0.15) is 0 Å². The van der Waals surface area contributed by atoms with Gasteiger partial charge in [0, 0.05) is 31.0 Å². The molecule has 1 atom stereocenters. The molecule has 1 fully saturated rings. The minimum absolute atomic E-state index is 0.0382. The van der Waals surface area contributed by atoms with Gasteiger partial charge in [-0.1, -0.05) is 6.07 Å². The average molecular weight is 398 g/mol. The first-order valence-corrected chi connectivity index (χ1v) is 10.2. The Balaban J connectivity index is 1.47. The Morgan fingerprint density at radius 1 is 1.28 bits per heavy atom. The number of piperidine rings is 1. The lowest BCUT2D eigenvalue weighted by Crippen LogP contribution is -2.44. The van der Waals surface area contributed by atoms with Gasteiger partial charge in [-0.25, -0.2) is 4.98 Å². The van der Waals surface area contributed by atoms with Crippen LogP contribution in [0.4, 0.5) is 11.5 Å². The lowest BCUT2D eigenvalue weighted by Gasteiger charge is -2.31. The first kappa shape index (κ1) is 21.2. The summed E-state index contributed by atoms with van der Waals surface area (Å²) in [5.41, 5.74) is 3.16. The third-order valence-electron chi connectivity index (χ3n) is 5.26. The largest absolute Gasteiger partial charge is 0.383 e. The molecule has 0 spiro atoms. The van der Waals surface area contributed by atoms with Crippen molar-refractivity contribution in [2.45, 2.75) is 38.6 Å². The summed E-state index contributed by atoms with van der Waals surface area (Å²) in [6.07, 6.45) is 5.68. The molecular weight excluding hydrogens is 366 g/mol. The van der Waals surface area contributed by atoms with E-state index in [4.69, 9.17) is 4.74 Å². The SMILES string of the molecule is COC[C@H](C)NC(=O)CN1CCC(c2ccc(Nc3ncccc3C)cn2)CC1. The maximum absolute atomic E-state index is 12.1. The highest BCUT2D eigenvalue weighted by Crippen LogP contribution is 2.27. The maximum atomic E-state index is 12.1. The molecule has 0 radical (unpaired) electrons. The number of carbonyl (C=O) groups is 1. The van der Waals surface area contributed by atoms with Crippen LogP contribution in [0.3, 0.4) is 0 Å². The molecule has 2 N–H and O–H groups in total. The zero-order chi connectivity index (χ0) is 20.6. The second-order valence-electron chi connectivity index (χ2n) is 7.74. The van der Waals surface area contributed by atoms with Gasteiger partial charge in [-0.05, 0) is 63.5 Å². The van der Waals surface area contributed by atoms with Crippen molar-refractivity contribution < 1.29 is 9.53 Å². The van der Waals surface area contributed by atoms with E-state index in [9.17, 15) is 4.79 Å². The highest BCUT2D eigenvalue weighted by atomic mass is 16.5. The predicted molar refractivity (Wildman–Crippen MR) is 114 cm³/mol. The molecule has 7 nitrogen and oxygen atoms in total. The molecule has 29 heavy (non-hydrogen) atoms. The number of ether oxygens (including phenoxy) is 1. The Bertz CT molecular complexity index is 788. The van der Waals surface area contributed by atoms with Crippen LogP contribution >= 0.6 is 0 Å². The normalized spacial score (nSPS) is 16.4. The van der Waals surface area contributed by atoms with Gasteiger partial charge in [0.05, 0.1) is 25.0 Å². The molecule has 2 aromatic heterocycles. The number of pyridine rings is 2. The quantitative estimate of drug-likeness (QED) is 0.713. The van der Waals surface area contributed by atoms with Crippen LogP contribution in [0, 0.1) is 6.92 Å². The molecule has 156 valence electrons. The molecule has 0 unspecified atom stereocenters. The molecule has 1 aliphatic heterocycles. The Labute approximate surface area is 172 Å². The second-order valence-corrected chi connectivity index (χ2v) is 7.74. The average Bonchev–Trinajstić information content (AvgIpc) is 2.71. The van der Waals surface area contributed by atoms with Crippen LogP contribution in [0.5, 0.6) is 0 Å². The van der Waals surface area contributed by atoms with Crippen molar-refractivity contribution in [2.75, 3.05) is 38.7 Å². The van der Waals surface area contributed by atoms with E-state index in [2.05, 4.69) is 37.6 Å². The number of aryl methyl sites for hydroxylation is 1. The van der Waals surface area contributed by atoms with Crippen molar-refractivity contribution in [1.29, 1.82) is 0 Å². The van der Waals surface area contributed by atoms with Crippen LogP contribution in [-0.4, -0.2) is 60.2 Å². The number of nitrogens with one attached hydrogen (secondary N) is 2. The molecule has 0 saturated carbocycles. The Kier molecular flexibility index (Phi) is 7.55. The van der Waals surface area contributed by atoms with E-state index in [0.29, 0.717) is 19.1 Å². The molecule has 1 saturated heterocycles. The van der Waals surface area contributed by atoms with E-state index in [-0.39, 0.29) is 11.9 Å². The fraction of sp³-hybridized carbons (Fsp3) is 0.500. The van der Waals surface area contributed by atoms with Gasteiger partial charge < -0.3 is 15.4 Å². The van der Waals surface area contributed by atoms with Crippen LogP contribution in [0.15, 0.2) is 36.7 Å². The van der Waals surface area contributed by atoms with Crippen LogP contribution in [0.1, 0.15) is 36.9 Å². The Morgan fingerprint density at radius 3 is 2.72 bits per heavy atom. The first-order valence-electron chi connectivity index (χ1n) is 10.2. The van der Waals surface area contributed by atoms with Gasteiger partial charge in [-0.15, -0.1) is 0 Å². The molecule has 0 aromatic carbocycles. The number of hydrogen-bond donors (Lipinski definition) is 2. The van der Waals surface area contributed by atoms with Crippen molar-refractivity contribution in [3.8, 4) is 0 Å². The van der Waals surface area contributed by atoms with Crippen LogP contribution < -0.4 is 10.6 Å². The molecule has 2 aromatic rings. The van der Waals surface area contributed by atoms with Gasteiger partial charge >= 0.3 is 0 Å². The minimum Gasteiger partial charge on any atom is -0.383 e. The Morgan fingerprint density at radius 2 is 2.07 bits per heavy atom. The van der Waals surface area contributed by atoms with Crippen LogP contribution in [0.25, 0.3) is 0 Å². The van der Waals surface area contributed by atoms with E-state index < -0.39 is 0 Å². The van der Waals surface area contributed by atoms with Crippen LogP contribution in [0.2, 0.25) is 0 Å². The van der Waals surface area contributed by atoms with Gasteiger partial charge in [0.25, 0.3) is 0 Å². The number of amides is 1. The fourth-order valence-corrected chi connectivity index (χ4v) is 3.68. The zero-order valence-corrected chi connectivity index (χ0v) is 17.5. The van der Waals surface area contributed by atoms with Crippen molar-refractivity contribution in [2.24, 2.45) is 0 Å². The van der Waals surface area contributed by atoms with Gasteiger partial charge in [0.15, 0.2) is 0 Å². The summed E-state index contributed by atoms with van der Waals surface area (Å²) in [5, 5.41) is 6.29. The highest BCUT2D eigenvalue weighted by Gasteiger charge is 2.23. The highest BCUT2D eigenvalue weighted by molar-refractivity contribution is 5.78. The summed E-state index contributed by atoms with van der Waals surface area (Å²) in [7, 11) is 1.64. The number of rotatable bonds is 8. The van der Waals surface area contributed by atoms with Crippen LogP contribution in [-0.2, 0) is 9.53 Å². The number of aromatic nitrogens is 2. The molecule has 3 heterocycles. The number of likely N-dealkylation sites (tertiary alicyclic amines) is 1. The summed E-state index contributed by atoms with van der Waals surface area (Å²) in [4.78, 5) is 23.4. The van der Waals surface area contributed by atoms with Gasteiger partial charge in [0.1, 0.15) is 5.82 Å². The summed E-state index contributed by atoms with van der Waals surface area (Å²) in [6, 6.07) is 8.16. The summed E-state index contributed by atoms with van der Waals surface area (Å²) < 4.78 is 5.06. The van der Waals surface area contributed by atoms with E-state index in [0.717, 1.165) is 48.7 Å². The number of hydrogen-bond acceptors (Lipinski definition) is 6. The number of nitrogens with zero attached hydrogens (tertiary/aromatic N) is 3. The summed E-state index contributed by atoms with van der Waals surface area (Å²) in [6.45, 7) is 6.78. The Hall–Kier alpha value is -2.51. The summed E-state index contributed by atoms with van der Waals surface area (Å²) in [5.74, 6) is 1.35. The molecule has 1 aliphatic rings. The monoisotopic (exact) mass is 397 g/mol. The van der Waals surface area contributed by atoms with E-state index >= 15 is 0 Å². The third kappa shape index (κ3) is 6.24. The number of methoxy groups -OCH3 is 1. The molecule has 0 bridgehead atoms. The van der Waals surface area contributed by atoms with Crippen molar-refractivity contribution in [3.63, 3.8) is 0 Å². The number of anilines is 2. The van der Waals surface area contributed by atoms with Crippen molar-refractivity contribution >= 4 is 17.4 Å². The first-order chi connectivity index (χ1) is 14.0. The molecule has 3 rings (SSSR count). The minimum atomic E-state index is 0.0382. The van der Waals surface area contributed by atoms with E-state index in [1.165, 1.54) is 0 Å². The van der Waals surface area contributed by atoms with Gasteiger partial charge in [0.2, 0.25) is 5.91 Å². The maximum Gasteiger partial charge on any atom is 0.234 e. The molecular formula is C22H31N5O2. The lowest BCUT2D eigenvalue weighted by atomic mass is 9.93. The summed E-state index contributed by atoms with van der Waals surface area (Å²) >= 11 is 0. The molecule has 0 aliphatic carbocycles. The van der Waals surface area contributed by atoms with E-state index in [1.807, 2.05) is 32.2 Å². The third-order valence-corrected chi connectivity index (χ3v) is 5.26. The number of carbonyl (C=O) groups excluding carboxylic acids is 1. The van der Waals surface area contributed by atoms with E-state index in [1.54, 1.807) is 13.3 Å². The molecule has 7 heteroatoms. The molecule has 1 amide bonds.